The van der Waals surface area contributed by atoms with E-state index in [1.807, 2.05) is 0 Å². The van der Waals surface area contributed by atoms with E-state index >= 15 is 0 Å². The number of nitrogens with zero attached hydrogens (tertiary/aromatic N) is 1. The summed E-state index contributed by atoms with van der Waals surface area (Å²) < 4.78 is 14.1. The molecule has 9 unspecified atom stereocenters. The summed E-state index contributed by atoms with van der Waals surface area (Å²) in [5.41, 5.74) is 0.442. The molecule has 5 fully saturated rings. The first-order chi connectivity index (χ1) is 10.0. The largest absolute Gasteiger partial charge is 0.274 e. The van der Waals surface area contributed by atoms with Gasteiger partial charge in [-0.2, -0.15) is 0 Å². The summed E-state index contributed by atoms with van der Waals surface area (Å²) in [7, 11) is 0. The second-order valence-electron chi connectivity index (χ2n) is 7.94. The maximum absolute atomic E-state index is 14.1. The number of carbonyl (C=O) groups excluding carboxylic acids is 2. The Kier molecular flexibility index (Phi) is 2.11. The standard InChI is InChI=1S/C17H20FNO2/c1-6(2)16(20)19-15-10-5-9(14(15)17(19)21)13-8-3-7(12(10)13)4-11(8)18/h7-15H,1,3-5H2,2H3. The molecule has 112 valence electrons. The molecule has 1 saturated heterocycles. The van der Waals surface area contributed by atoms with Gasteiger partial charge < -0.3 is 0 Å². The quantitative estimate of drug-likeness (QED) is 0.421. The van der Waals surface area contributed by atoms with Crippen LogP contribution in [0.15, 0.2) is 12.2 Å². The Morgan fingerprint density at radius 2 is 1.95 bits per heavy atom. The first-order valence-corrected chi connectivity index (χ1v) is 8.17. The van der Waals surface area contributed by atoms with Gasteiger partial charge in [0.15, 0.2) is 0 Å². The maximum atomic E-state index is 14.1. The van der Waals surface area contributed by atoms with Crippen molar-refractivity contribution in [1.29, 1.82) is 0 Å². The highest BCUT2D eigenvalue weighted by Gasteiger charge is 2.74. The van der Waals surface area contributed by atoms with Gasteiger partial charge in [0, 0.05) is 5.57 Å². The highest BCUT2D eigenvalue weighted by atomic mass is 19.1. The highest BCUT2D eigenvalue weighted by Crippen LogP contribution is 2.71. The lowest BCUT2D eigenvalue weighted by Gasteiger charge is -2.53. The van der Waals surface area contributed by atoms with Gasteiger partial charge in [-0.15, -0.1) is 0 Å². The second kappa shape index (κ2) is 3.58. The van der Waals surface area contributed by atoms with Gasteiger partial charge in [0.25, 0.3) is 5.91 Å². The minimum absolute atomic E-state index is 0.00565. The van der Waals surface area contributed by atoms with Gasteiger partial charge in [-0.25, -0.2) is 4.39 Å². The Hall–Kier alpha value is -1.19. The lowest BCUT2D eigenvalue weighted by atomic mass is 9.61. The van der Waals surface area contributed by atoms with E-state index in [1.54, 1.807) is 6.92 Å². The van der Waals surface area contributed by atoms with Gasteiger partial charge in [0.2, 0.25) is 5.91 Å². The van der Waals surface area contributed by atoms with Crippen LogP contribution in [0.5, 0.6) is 0 Å². The number of carbonyl (C=O) groups is 2. The van der Waals surface area contributed by atoms with Crippen molar-refractivity contribution >= 4 is 11.8 Å². The summed E-state index contributed by atoms with van der Waals surface area (Å²) in [5, 5.41) is 0. The number of hydrogen-bond donors (Lipinski definition) is 0. The Labute approximate surface area is 123 Å². The number of amides is 2. The van der Waals surface area contributed by atoms with Crippen LogP contribution in [0.1, 0.15) is 26.2 Å². The molecule has 4 aliphatic carbocycles. The summed E-state index contributed by atoms with van der Waals surface area (Å²) in [6.07, 6.45) is 2.13. The molecule has 0 radical (unpaired) electrons. The molecule has 4 saturated carbocycles. The molecule has 5 aliphatic rings. The van der Waals surface area contributed by atoms with Gasteiger partial charge in [-0.05, 0) is 61.7 Å². The molecule has 0 spiro atoms. The van der Waals surface area contributed by atoms with Crippen molar-refractivity contribution < 1.29 is 14.0 Å². The highest BCUT2D eigenvalue weighted by molar-refractivity contribution is 6.08. The number of β-lactam (4-membered cyclic amide) rings is 1. The van der Waals surface area contributed by atoms with Crippen LogP contribution < -0.4 is 0 Å². The SMILES string of the molecule is C=C(C)C(=O)N1C(=O)C2C3CC(C4C5CC(F)C(C5)C34)C21. The molecule has 21 heavy (non-hydrogen) atoms. The predicted octanol–water partition coefficient (Wildman–Crippen LogP) is 2.18. The van der Waals surface area contributed by atoms with E-state index < -0.39 is 6.17 Å². The number of hydrogen-bond acceptors (Lipinski definition) is 2. The minimum atomic E-state index is -0.641. The number of fused-ring (bicyclic) bond motifs is 12. The average Bonchev–Trinajstić information content (AvgIpc) is 3.12. The summed E-state index contributed by atoms with van der Waals surface area (Å²) in [6.45, 7) is 5.36. The Morgan fingerprint density at radius 3 is 2.67 bits per heavy atom. The number of halogens is 1. The zero-order chi connectivity index (χ0) is 14.6. The van der Waals surface area contributed by atoms with Crippen LogP contribution in [0.3, 0.4) is 0 Å². The van der Waals surface area contributed by atoms with E-state index in [4.69, 9.17) is 0 Å². The molecule has 0 aromatic heterocycles. The van der Waals surface area contributed by atoms with Crippen molar-refractivity contribution in [3.8, 4) is 0 Å². The molecule has 3 nitrogen and oxygen atoms in total. The zero-order valence-corrected chi connectivity index (χ0v) is 12.2. The molecule has 0 N–H and O–H groups in total. The molecule has 2 amide bonds. The summed E-state index contributed by atoms with van der Waals surface area (Å²) in [5.74, 6) is 2.28. The third kappa shape index (κ3) is 1.19. The molecule has 5 rings (SSSR count). The number of alkyl halides is 1. The lowest BCUT2D eigenvalue weighted by Crippen LogP contribution is -2.68. The first-order valence-electron chi connectivity index (χ1n) is 8.17. The van der Waals surface area contributed by atoms with Crippen LogP contribution in [0.4, 0.5) is 4.39 Å². The smallest absolute Gasteiger partial charge is 0.255 e. The molecule has 1 heterocycles. The summed E-state index contributed by atoms with van der Waals surface area (Å²) in [6, 6.07) is 0.102. The monoisotopic (exact) mass is 289 g/mol. The maximum Gasteiger partial charge on any atom is 0.255 e. The van der Waals surface area contributed by atoms with Crippen molar-refractivity contribution in [2.45, 2.75) is 38.4 Å². The van der Waals surface area contributed by atoms with Gasteiger partial charge in [-0.1, -0.05) is 6.58 Å². The normalized spacial score (nSPS) is 55.4. The van der Waals surface area contributed by atoms with Crippen molar-refractivity contribution in [1.82, 2.24) is 4.90 Å². The lowest BCUT2D eigenvalue weighted by molar-refractivity contribution is -0.173. The summed E-state index contributed by atoms with van der Waals surface area (Å²) >= 11 is 0. The van der Waals surface area contributed by atoms with Gasteiger partial charge >= 0.3 is 0 Å². The fourth-order valence-electron chi connectivity index (χ4n) is 6.86. The zero-order valence-electron chi connectivity index (χ0n) is 12.2. The fraction of sp³-hybridized carbons (Fsp3) is 0.765. The second-order valence-corrected chi connectivity index (χ2v) is 7.94. The summed E-state index contributed by atoms with van der Waals surface area (Å²) in [4.78, 5) is 26.1. The van der Waals surface area contributed by atoms with Crippen molar-refractivity contribution in [3.05, 3.63) is 12.2 Å². The third-order valence-corrected chi connectivity index (χ3v) is 7.26. The van der Waals surface area contributed by atoms with E-state index in [0.29, 0.717) is 35.2 Å². The number of rotatable bonds is 1. The van der Waals surface area contributed by atoms with Gasteiger partial charge in [-0.3, -0.25) is 14.5 Å². The Bertz CT molecular complexity index is 587. The van der Waals surface area contributed by atoms with E-state index in [9.17, 15) is 14.0 Å². The van der Waals surface area contributed by atoms with E-state index in [1.165, 1.54) is 4.90 Å². The number of likely N-dealkylation sites (tertiary alicyclic amines) is 1. The first kappa shape index (κ1) is 12.4. The van der Waals surface area contributed by atoms with Crippen LogP contribution in [-0.2, 0) is 9.59 Å². The molecule has 9 atom stereocenters. The van der Waals surface area contributed by atoms with Crippen molar-refractivity contribution in [2.24, 2.45) is 41.4 Å². The molecular weight excluding hydrogens is 269 g/mol. The van der Waals surface area contributed by atoms with E-state index in [0.717, 1.165) is 19.3 Å². The van der Waals surface area contributed by atoms with Crippen LogP contribution in [0.25, 0.3) is 0 Å². The molecule has 4 heteroatoms. The molecular formula is C17H20FNO2. The molecule has 0 aromatic rings. The van der Waals surface area contributed by atoms with Crippen LogP contribution >= 0.6 is 0 Å². The predicted molar refractivity (Wildman–Crippen MR) is 73.6 cm³/mol. The number of imide groups is 1. The van der Waals surface area contributed by atoms with Crippen LogP contribution in [0, 0.1) is 41.4 Å². The molecule has 1 aliphatic heterocycles. The average molecular weight is 289 g/mol. The minimum Gasteiger partial charge on any atom is -0.274 e. The van der Waals surface area contributed by atoms with Crippen molar-refractivity contribution in [3.63, 3.8) is 0 Å². The Balaban J connectivity index is 1.49. The van der Waals surface area contributed by atoms with E-state index in [-0.39, 0.29) is 29.7 Å². The van der Waals surface area contributed by atoms with Crippen molar-refractivity contribution in [2.75, 3.05) is 0 Å². The van der Waals surface area contributed by atoms with E-state index in [2.05, 4.69) is 6.58 Å². The Morgan fingerprint density at radius 1 is 1.19 bits per heavy atom. The fourth-order valence-corrected chi connectivity index (χ4v) is 6.86. The topological polar surface area (TPSA) is 37.4 Å². The third-order valence-electron chi connectivity index (χ3n) is 7.26. The van der Waals surface area contributed by atoms with Crippen LogP contribution in [-0.4, -0.2) is 28.9 Å². The molecule has 4 bridgehead atoms. The van der Waals surface area contributed by atoms with Crippen LogP contribution in [0.2, 0.25) is 0 Å². The van der Waals surface area contributed by atoms with Gasteiger partial charge in [0.05, 0.1) is 12.0 Å². The molecule has 0 aromatic carbocycles. The van der Waals surface area contributed by atoms with Gasteiger partial charge in [0.1, 0.15) is 6.17 Å².